The molecule has 0 amide bonds. The van der Waals surface area contributed by atoms with Crippen LogP contribution in [0.5, 0.6) is 11.5 Å². The fourth-order valence-corrected chi connectivity index (χ4v) is 2.40. The van der Waals surface area contributed by atoms with Crippen LogP contribution in [0, 0.1) is 0 Å². The number of carbonyl (C=O) groups is 4. The number of hydrogen-bond donors (Lipinski definition) is 1. The van der Waals surface area contributed by atoms with Crippen molar-refractivity contribution in [2.45, 2.75) is 85.0 Å². The monoisotopic (exact) mass is 481 g/mol. The molecule has 1 aromatic carbocycles. The Balaban J connectivity index is 2.72. The standard InChI is InChI=1S/C24H35NO9/c1-7-20(26)32-18-11-10-16(13-19(18)33-21(27)8-2)12-17(25)22(28)31-15(4)14-30-23(29)34-24(5,6)9-3/h10-11,13,15,17H,7-9,12,14,25H2,1-6H3/t15-,17-/m0/s1. The van der Waals surface area contributed by atoms with Gasteiger partial charge in [-0.3, -0.25) is 14.4 Å². The van der Waals surface area contributed by atoms with Crippen LogP contribution >= 0.6 is 0 Å². The van der Waals surface area contributed by atoms with E-state index in [1.165, 1.54) is 12.1 Å². The summed E-state index contributed by atoms with van der Waals surface area (Å²) in [7, 11) is 0. The smallest absolute Gasteiger partial charge is 0.458 e. The summed E-state index contributed by atoms with van der Waals surface area (Å²) in [6.45, 7) is 10.0. The van der Waals surface area contributed by atoms with E-state index in [0.29, 0.717) is 12.0 Å². The summed E-state index contributed by atoms with van der Waals surface area (Å²) in [5.41, 5.74) is 5.88. The largest absolute Gasteiger partial charge is 0.508 e. The van der Waals surface area contributed by atoms with Crippen molar-refractivity contribution in [3.05, 3.63) is 23.8 Å². The molecule has 0 unspecified atom stereocenters. The zero-order valence-corrected chi connectivity index (χ0v) is 20.7. The predicted molar refractivity (Wildman–Crippen MR) is 122 cm³/mol. The molecule has 1 aromatic rings. The van der Waals surface area contributed by atoms with Crippen molar-refractivity contribution < 1.29 is 42.9 Å². The Morgan fingerprint density at radius 1 is 0.971 bits per heavy atom. The molecule has 0 radical (unpaired) electrons. The SMILES string of the molecule is CCC(=O)Oc1ccc(C[C@H](N)C(=O)O[C@@H](C)COC(=O)OC(C)(C)CC)cc1OC(=O)CC. The van der Waals surface area contributed by atoms with Crippen LogP contribution in [0.4, 0.5) is 4.79 Å². The van der Waals surface area contributed by atoms with Crippen LogP contribution in [-0.4, -0.2) is 48.4 Å². The van der Waals surface area contributed by atoms with Crippen LogP contribution in [0.1, 0.15) is 66.4 Å². The molecule has 0 saturated heterocycles. The first-order chi connectivity index (χ1) is 15.9. The van der Waals surface area contributed by atoms with Crippen LogP contribution in [0.2, 0.25) is 0 Å². The quantitative estimate of drug-likeness (QED) is 0.348. The lowest BCUT2D eigenvalue weighted by atomic mass is 10.1. The molecule has 0 aliphatic heterocycles. The van der Waals surface area contributed by atoms with Gasteiger partial charge in [-0.05, 0) is 51.3 Å². The van der Waals surface area contributed by atoms with Gasteiger partial charge in [0.15, 0.2) is 11.5 Å². The summed E-state index contributed by atoms with van der Waals surface area (Å²) < 4.78 is 25.8. The van der Waals surface area contributed by atoms with Crippen LogP contribution in [0.15, 0.2) is 18.2 Å². The van der Waals surface area contributed by atoms with E-state index in [2.05, 4.69) is 0 Å². The molecular formula is C24H35NO9. The van der Waals surface area contributed by atoms with E-state index >= 15 is 0 Å². The Bertz CT molecular complexity index is 866. The van der Waals surface area contributed by atoms with Gasteiger partial charge >= 0.3 is 24.1 Å². The summed E-state index contributed by atoms with van der Waals surface area (Å²) in [6, 6.07) is 3.52. The lowest BCUT2D eigenvalue weighted by molar-refractivity contribution is -0.152. The fourth-order valence-electron chi connectivity index (χ4n) is 2.40. The number of benzene rings is 1. The lowest BCUT2D eigenvalue weighted by Crippen LogP contribution is -2.37. The normalized spacial score (nSPS) is 12.8. The van der Waals surface area contributed by atoms with E-state index in [4.69, 9.17) is 29.4 Å². The first-order valence-electron chi connectivity index (χ1n) is 11.3. The Morgan fingerprint density at radius 3 is 2.12 bits per heavy atom. The molecule has 0 aliphatic carbocycles. The summed E-state index contributed by atoms with van der Waals surface area (Å²) in [5, 5.41) is 0. The molecule has 0 aromatic heterocycles. The molecule has 1 rings (SSSR count). The molecule has 2 N–H and O–H groups in total. The molecule has 34 heavy (non-hydrogen) atoms. The molecular weight excluding hydrogens is 446 g/mol. The van der Waals surface area contributed by atoms with E-state index in [1.54, 1.807) is 40.7 Å². The molecule has 10 heteroatoms. The van der Waals surface area contributed by atoms with Gasteiger partial charge in [-0.25, -0.2) is 4.79 Å². The molecule has 10 nitrogen and oxygen atoms in total. The predicted octanol–water partition coefficient (Wildman–Crippen LogP) is 3.46. The topological polar surface area (TPSA) is 140 Å². The highest BCUT2D eigenvalue weighted by Gasteiger charge is 2.24. The van der Waals surface area contributed by atoms with Crippen molar-refractivity contribution in [3.63, 3.8) is 0 Å². The molecule has 0 saturated carbocycles. The second-order valence-electron chi connectivity index (χ2n) is 8.27. The Morgan fingerprint density at radius 2 is 1.56 bits per heavy atom. The molecule has 190 valence electrons. The first-order valence-corrected chi connectivity index (χ1v) is 11.3. The number of hydrogen-bond acceptors (Lipinski definition) is 10. The van der Waals surface area contributed by atoms with Crippen LogP contribution in [0.3, 0.4) is 0 Å². The van der Waals surface area contributed by atoms with Gasteiger partial charge in [0.25, 0.3) is 0 Å². The van der Waals surface area contributed by atoms with E-state index in [0.717, 1.165) is 0 Å². The zero-order valence-electron chi connectivity index (χ0n) is 20.7. The van der Waals surface area contributed by atoms with Crippen molar-refractivity contribution in [3.8, 4) is 11.5 Å². The van der Waals surface area contributed by atoms with Crippen LogP contribution < -0.4 is 15.2 Å². The van der Waals surface area contributed by atoms with Gasteiger partial charge in [-0.1, -0.05) is 26.8 Å². The number of ether oxygens (including phenoxy) is 5. The third-order valence-electron chi connectivity index (χ3n) is 4.76. The Kier molecular flexibility index (Phi) is 11.5. The van der Waals surface area contributed by atoms with Gasteiger partial charge < -0.3 is 29.4 Å². The molecule has 0 bridgehead atoms. The minimum Gasteiger partial charge on any atom is -0.458 e. The number of rotatable bonds is 12. The highest BCUT2D eigenvalue weighted by atomic mass is 16.7. The number of nitrogens with two attached hydrogens (primary N) is 1. The zero-order chi connectivity index (χ0) is 25.9. The fraction of sp³-hybridized carbons (Fsp3) is 0.583. The highest BCUT2D eigenvalue weighted by molar-refractivity contribution is 5.77. The average Bonchev–Trinajstić information content (AvgIpc) is 2.78. The average molecular weight is 482 g/mol. The molecule has 0 spiro atoms. The van der Waals surface area contributed by atoms with Crippen molar-refractivity contribution in [2.75, 3.05) is 6.61 Å². The molecule has 0 aliphatic rings. The third-order valence-corrected chi connectivity index (χ3v) is 4.76. The number of esters is 3. The minimum absolute atomic E-state index is 0.0574. The maximum absolute atomic E-state index is 12.4. The maximum atomic E-state index is 12.4. The molecule has 0 fully saturated rings. The van der Waals surface area contributed by atoms with Gasteiger partial charge in [0, 0.05) is 12.8 Å². The van der Waals surface area contributed by atoms with Crippen molar-refractivity contribution >= 4 is 24.1 Å². The van der Waals surface area contributed by atoms with E-state index in [-0.39, 0.29) is 37.4 Å². The van der Waals surface area contributed by atoms with Crippen molar-refractivity contribution in [1.82, 2.24) is 0 Å². The summed E-state index contributed by atoms with van der Waals surface area (Å²) in [5.74, 6) is -1.55. The second kappa shape index (κ2) is 13.5. The molecule has 2 atom stereocenters. The van der Waals surface area contributed by atoms with Gasteiger partial charge in [-0.2, -0.15) is 0 Å². The maximum Gasteiger partial charge on any atom is 0.508 e. The second-order valence-corrected chi connectivity index (χ2v) is 8.27. The van der Waals surface area contributed by atoms with Gasteiger partial charge in [-0.15, -0.1) is 0 Å². The minimum atomic E-state index is -1.04. The van der Waals surface area contributed by atoms with Crippen molar-refractivity contribution in [2.24, 2.45) is 5.73 Å². The number of carbonyl (C=O) groups excluding carboxylic acids is 4. The Hall–Kier alpha value is -3.14. The molecule has 0 heterocycles. The van der Waals surface area contributed by atoms with E-state index in [1.807, 2.05) is 6.92 Å². The third kappa shape index (κ3) is 10.2. The summed E-state index contributed by atoms with van der Waals surface area (Å²) in [4.78, 5) is 47.5. The lowest BCUT2D eigenvalue weighted by Gasteiger charge is -2.23. The van der Waals surface area contributed by atoms with Crippen LogP contribution in [0.25, 0.3) is 0 Å². The highest BCUT2D eigenvalue weighted by Crippen LogP contribution is 2.30. The van der Waals surface area contributed by atoms with Crippen molar-refractivity contribution in [1.29, 1.82) is 0 Å². The van der Waals surface area contributed by atoms with Gasteiger partial charge in [0.1, 0.15) is 24.4 Å². The van der Waals surface area contributed by atoms with E-state index in [9.17, 15) is 19.2 Å². The summed E-state index contributed by atoms with van der Waals surface area (Å²) in [6.07, 6.45) is -0.637. The van der Waals surface area contributed by atoms with Gasteiger partial charge in [0.2, 0.25) is 0 Å². The van der Waals surface area contributed by atoms with Crippen LogP contribution in [-0.2, 0) is 35.0 Å². The van der Waals surface area contributed by atoms with Gasteiger partial charge in [0.05, 0.1) is 0 Å². The Labute approximate surface area is 200 Å². The van der Waals surface area contributed by atoms with E-state index < -0.39 is 41.8 Å². The summed E-state index contributed by atoms with van der Waals surface area (Å²) >= 11 is 0. The first kappa shape index (κ1) is 28.9.